The average molecular weight is 242 g/mol. The Morgan fingerprint density at radius 3 is 2.88 bits per heavy atom. The second-order valence-corrected chi connectivity index (χ2v) is 4.61. The minimum absolute atomic E-state index is 0.0543. The zero-order valence-corrected chi connectivity index (χ0v) is 10.3. The van der Waals surface area contributed by atoms with E-state index in [4.69, 9.17) is 9.57 Å². The van der Waals surface area contributed by atoms with Crippen LogP contribution in [-0.4, -0.2) is 49.9 Å². The summed E-state index contributed by atoms with van der Waals surface area (Å²) in [6, 6.07) is 0. The summed E-state index contributed by atoms with van der Waals surface area (Å²) in [5.74, 6) is 0.0543. The number of nitrogens with zero attached hydrogens (tertiary/aromatic N) is 1. The maximum atomic E-state index is 11.7. The van der Waals surface area contributed by atoms with E-state index in [9.17, 15) is 4.79 Å². The van der Waals surface area contributed by atoms with Gasteiger partial charge in [-0.3, -0.25) is 9.63 Å². The average Bonchev–Trinajstić information content (AvgIpc) is 2.41. The molecule has 0 aliphatic carbocycles. The van der Waals surface area contributed by atoms with Crippen LogP contribution >= 0.6 is 0 Å². The van der Waals surface area contributed by atoms with E-state index >= 15 is 0 Å². The third-order valence-corrected chi connectivity index (χ3v) is 3.24. The summed E-state index contributed by atoms with van der Waals surface area (Å²) in [7, 11) is 0. The first-order chi connectivity index (χ1) is 8.36. The molecule has 0 aromatic carbocycles. The molecule has 1 N–H and O–H groups in total. The Morgan fingerprint density at radius 1 is 1.35 bits per heavy atom. The zero-order chi connectivity index (χ0) is 11.9. The fourth-order valence-corrected chi connectivity index (χ4v) is 2.19. The van der Waals surface area contributed by atoms with Crippen LogP contribution in [0.4, 0.5) is 0 Å². The minimum Gasteiger partial charge on any atom is -0.378 e. The molecule has 0 unspecified atom stereocenters. The van der Waals surface area contributed by atoms with Crippen LogP contribution in [0.2, 0.25) is 0 Å². The Hall–Kier alpha value is -0.650. The summed E-state index contributed by atoms with van der Waals surface area (Å²) in [5, 5.41) is 4.79. The topological polar surface area (TPSA) is 50.8 Å². The highest BCUT2D eigenvalue weighted by molar-refractivity contribution is 5.75. The number of rotatable bonds is 4. The highest BCUT2D eigenvalue weighted by Gasteiger charge is 2.18. The van der Waals surface area contributed by atoms with Crippen LogP contribution in [0.15, 0.2) is 0 Å². The Morgan fingerprint density at radius 2 is 2.18 bits per heavy atom. The van der Waals surface area contributed by atoms with Crippen LogP contribution in [-0.2, 0) is 14.4 Å². The Balaban J connectivity index is 1.58. The molecule has 98 valence electrons. The van der Waals surface area contributed by atoms with Gasteiger partial charge in [-0.1, -0.05) is 0 Å². The van der Waals surface area contributed by atoms with Gasteiger partial charge < -0.3 is 10.1 Å². The molecule has 0 bridgehead atoms. The molecule has 17 heavy (non-hydrogen) atoms. The molecule has 0 atom stereocenters. The van der Waals surface area contributed by atoms with Crippen LogP contribution in [0.3, 0.4) is 0 Å². The van der Waals surface area contributed by atoms with Crippen LogP contribution in [0.5, 0.6) is 0 Å². The van der Waals surface area contributed by atoms with Crippen molar-refractivity contribution in [3.05, 3.63) is 0 Å². The van der Waals surface area contributed by atoms with Gasteiger partial charge in [-0.05, 0) is 38.8 Å². The standard InChI is InChI=1S/C12H22N2O3/c15-12(14-8-1-2-9-17-14)5-10-16-11-3-6-13-7-4-11/h11,13H,1-10H2. The van der Waals surface area contributed by atoms with Gasteiger partial charge in [0.05, 0.1) is 25.7 Å². The van der Waals surface area contributed by atoms with Crippen molar-refractivity contribution in [2.24, 2.45) is 0 Å². The summed E-state index contributed by atoms with van der Waals surface area (Å²) < 4.78 is 5.70. The molecule has 0 spiro atoms. The maximum Gasteiger partial charge on any atom is 0.248 e. The third kappa shape index (κ3) is 4.26. The molecule has 2 heterocycles. The summed E-state index contributed by atoms with van der Waals surface area (Å²) in [4.78, 5) is 17.0. The molecule has 2 aliphatic rings. The van der Waals surface area contributed by atoms with Crippen molar-refractivity contribution in [1.82, 2.24) is 10.4 Å². The quantitative estimate of drug-likeness (QED) is 0.788. The lowest BCUT2D eigenvalue weighted by Crippen LogP contribution is -2.37. The van der Waals surface area contributed by atoms with Gasteiger partial charge in [0.1, 0.15) is 0 Å². The number of hydrogen-bond acceptors (Lipinski definition) is 4. The lowest BCUT2D eigenvalue weighted by Gasteiger charge is -2.26. The fourth-order valence-electron chi connectivity index (χ4n) is 2.19. The highest BCUT2D eigenvalue weighted by atomic mass is 16.7. The number of piperidine rings is 1. The van der Waals surface area contributed by atoms with Gasteiger partial charge in [0.15, 0.2) is 0 Å². The number of ether oxygens (including phenoxy) is 1. The lowest BCUT2D eigenvalue weighted by atomic mass is 10.1. The Labute approximate surface area is 102 Å². The van der Waals surface area contributed by atoms with Crippen molar-refractivity contribution in [3.63, 3.8) is 0 Å². The predicted molar refractivity (Wildman–Crippen MR) is 63.4 cm³/mol. The molecule has 2 saturated heterocycles. The molecule has 0 aromatic rings. The largest absolute Gasteiger partial charge is 0.378 e. The number of nitrogens with one attached hydrogen (secondary N) is 1. The lowest BCUT2D eigenvalue weighted by molar-refractivity contribution is -0.198. The number of carbonyl (C=O) groups excluding carboxylic acids is 1. The number of amides is 1. The van der Waals surface area contributed by atoms with Crippen molar-refractivity contribution in [3.8, 4) is 0 Å². The van der Waals surface area contributed by atoms with Crippen LogP contribution in [0.1, 0.15) is 32.1 Å². The summed E-state index contributed by atoms with van der Waals surface area (Å²) in [6.45, 7) is 3.96. The summed E-state index contributed by atoms with van der Waals surface area (Å²) in [5.41, 5.74) is 0. The normalized spacial score (nSPS) is 22.7. The van der Waals surface area contributed by atoms with E-state index in [0.29, 0.717) is 25.7 Å². The molecule has 2 aliphatic heterocycles. The van der Waals surface area contributed by atoms with Gasteiger partial charge in [0, 0.05) is 6.54 Å². The molecule has 0 saturated carbocycles. The fraction of sp³-hybridized carbons (Fsp3) is 0.917. The molecule has 0 radical (unpaired) electrons. The number of hydroxylamine groups is 2. The van der Waals surface area contributed by atoms with Gasteiger partial charge in [0.2, 0.25) is 5.91 Å². The van der Waals surface area contributed by atoms with Crippen molar-refractivity contribution in [2.45, 2.75) is 38.2 Å². The molecule has 1 amide bonds. The van der Waals surface area contributed by atoms with E-state index in [2.05, 4.69) is 5.32 Å². The molecule has 5 nitrogen and oxygen atoms in total. The van der Waals surface area contributed by atoms with Crippen molar-refractivity contribution < 1.29 is 14.4 Å². The Kier molecular flexibility index (Phi) is 5.22. The Bertz CT molecular complexity index is 236. The first kappa shape index (κ1) is 12.8. The van der Waals surface area contributed by atoms with Crippen molar-refractivity contribution in [1.29, 1.82) is 0 Å². The molecule has 2 rings (SSSR count). The van der Waals surface area contributed by atoms with Gasteiger partial charge in [-0.15, -0.1) is 0 Å². The summed E-state index contributed by atoms with van der Waals surface area (Å²) >= 11 is 0. The zero-order valence-electron chi connectivity index (χ0n) is 10.3. The van der Waals surface area contributed by atoms with Crippen molar-refractivity contribution in [2.75, 3.05) is 32.8 Å². The maximum absolute atomic E-state index is 11.7. The van der Waals surface area contributed by atoms with E-state index < -0.39 is 0 Å². The molecule has 5 heteroatoms. The smallest absolute Gasteiger partial charge is 0.248 e. The van der Waals surface area contributed by atoms with E-state index in [1.165, 1.54) is 5.06 Å². The van der Waals surface area contributed by atoms with Crippen LogP contribution < -0.4 is 5.32 Å². The van der Waals surface area contributed by atoms with Gasteiger partial charge >= 0.3 is 0 Å². The molecular formula is C12H22N2O3. The first-order valence-corrected chi connectivity index (χ1v) is 6.62. The van der Waals surface area contributed by atoms with E-state index in [1.807, 2.05) is 0 Å². The first-order valence-electron chi connectivity index (χ1n) is 6.62. The SMILES string of the molecule is O=C(CCOC1CCNCC1)N1CCCCO1. The van der Waals surface area contributed by atoms with Gasteiger partial charge in [-0.25, -0.2) is 5.06 Å². The second kappa shape index (κ2) is 6.93. The van der Waals surface area contributed by atoms with E-state index in [0.717, 1.165) is 45.3 Å². The van der Waals surface area contributed by atoms with Gasteiger partial charge in [0.25, 0.3) is 0 Å². The molecular weight excluding hydrogens is 220 g/mol. The van der Waals surface area contributed by atoms with E-state index in [-0.39, 0.29) is 5.91 Å². The second-order valence-electron chi connectivity index (χ2n) is 4.61. The third-order valence-electron chi connectivity index (χ3n) is 3.24. The minimum atomic E-state index is 0.0543. The molecule has 2 fully saturated rings. The van der Waals surface area contributed by atoms with Gasteiger partial charge in [-0.2, -0.15) is 0 Å². The number of carbonyl (C=O) groups is 1. The molecule has 0 aromatic heterocycles. The predicted octanol–water partition coefficient (Wildman–Crippen LogP) is 0.699. The summed E-state index contributed by atoms with van der Waals surface area (Å²) in [6.07, 6.45) is 4.95. The van der Waals surface area contributed by atoms with Crippen LogP contribution in [0.25, 0.3) is 0 Å². The van der Waals surface area contributed by atoms with Crippen molar-refractivity contribution >= 4 is 5.91 Å². The highest BCUT2D eigenvalue weighted by Crippen LogP contribution is 2.10. The van der Waals surface area contributed by atoms with E-state index in [1.54, 1.807) is 0 Å². The van der Waals surface area contributed by atoms with Crippen LogP contribution in [0, 0.1) is 0 Å². The monoisotopic (exact) mass is 242 g/mol. The number of hydrogen-bond donors (Lipinski definition) is 1.